The Kier molecular flexibility index (Phi) is 4.84. The second kappa shape index (κ2) is 5.96. The van der Waals surface area contributed by atoms with E-state index in [0.717, 1.165) is 0 Å². The van der Waals surface area contributed by atoms with Gasteiger partial charge in [0, 0.05) is 13.1 Å². The summed E-state index contributed by atoms with van der Waals surface area (Å²) in [5.74, 6) is 0. The monoisotopic (exact) mass is 267 g/mol. The fraction of sp³-hybridized carbons (Fsp3) is 0.417. The van der Waals surface area contributed by atoms with Gasteiger partial charge in [0.15, 0.2) is 0 Å². The summed E-state index contributed by atoms with van der Waals surface area (Å²) in [6, 6.07) is 6.49. The molecule has 0 aliphatic carbocycles. The zero-order valence-electron chi connectivity index (χ0n) is 10.8. The third-order valence-electron chi connectivity index (χ3n) is 2.48. The molecule has 0 saturated carbocycles. The van der Waals surface area contributed by atoms with Crippen LogP contribution in [0.5, 0.6) is 0 Å². The van der Waals surface area contributed by atoms with E-state index in [4.69, 9.17) is 5.26 Å². The average Bonchev–Trinajstić information content (AvgIpc) is 2.28. The lowest BCUT2D eigenvalue weighted by molar-refractivity contribution is 0.412. The molecule has 0 atom stereocenters. The Balaban J connectivity index is 2.86. The van der Waals surface area contributed by atoms with Crippen LogP contribution in [0.15, 0.2) is 23.1 Å². The van der Waals surface area contributed by atoms with Crippen LogP contribution >= 0.6 is 0 Å². The first-order chi connectivity index (χ1) is 8.36. The van der Waals surface area contributed by atoms with E-state index in [1.54, 1.807) is 6.92 Å². The number of nitrogens with one attached hydrogen (secondary N) is 1. The first kappa shape index (κ1) is 14.6. The SMILES string of the molecule is Cc1cc(S(=O)(=O)NCCN(C)C)ccc1C#N. The van der Waals surface area contributed by atoms with Gasteiger partial charge in [0.05, 0.1) is 16.5 Å². The lowest BCUT2D eigenvalue weighted by atomic mass is 10.1. The third kappa shape index (κ3) is 3.81. The molecule has 98 valence electrons. The molecule has 0 aromatic heterocycles. The summed E-state index contributed by atoms with van der Waals surface area (Å²) in [5, 5.41) is 8.79. The molecule has 0 radical (unpaired) electrons. The highest BCUT2D eigenvalue weighted by molar-refractivity contribution is 7.89. The number of nitriles is 1. The number of rotatable bonds is 5. The van der Waals surface area contributed by atoms with Crippen molar-refractivity contribution >= 4 is 10.0 Å². The highest BCUT2D eigenvalue weighted by Gasteiger charge is 2.14. The summed E-state index contributed by atoms with van der Waals surface area (Å²) in [5.41, 5.74) is 1.15. The van der Waals surface area contributed by atoms with Crippen molar-refractivity contribution in [2.75, 3.05) is 27.2 Å². The second-order valence-corrected chi connectivity index (χ2v) is 6.06. The maximum Gasteiger partial charge on any atom is 0.240 e. The quantitative estimate of drug-likeness (QED) is 0.852. The number of hydrogen-bond donors (Lipinski definition) is 1. The molecular formula is C12H17N3O2S. The normalized spacial score (nSPS) is 11.5. The maximum atomic E-state index is 12.0. The van der Waals surface area contributed by atoms with Gasteiger partial charge in [-0.2, -0.15) is 5.26 Å². The molecule has 1 aromatic carbocycles. The van der Waals surface area contributed by atoms with Crippen molar-refractivity contribution < 1.29 is 8.42 Å². The molecule has 0 fully saturated rings. The van der Waals surface area contributed by atoms with Gasteiger partial charge < -0.3 is 4.90 Å². The van der Waals surface area contributed by atoms with Crippen molar-refractivity contribution in [2.45, 2.75) is 11.8 Å². The van der Waals surface area contributed by atoms with Crippen LogP contribution in [-0.2, 0) is 10.0 Å². The van der Waals surface area contributed by atoms with E-state index in [2.05, 4.69) is 4.72 Å². The van der Waals surface area contributed by atoms with E-state index in [-0.39, 0.29) is 4.90 Å². The minimum absolute atomic E-state index is 0.192. The molecule has 6 heteroatoms. The molecule has 0 aliphatic heterocycles. The van der Waals surface area contributed by atoms with Gasteiger partial charge in [0.1, 0.15) is 0 Å². The van der Waals surface area contributed by atoms with Crippen molar-refractivity contribution in [2.24, 2.45) is 0 Å². The van der Waals surface area contributed by atoms with Gasteiger partial charge in [0.25, 0.3) is 0 Å². The van der Waals surface area contributed by atoms with E-state index < -0.39 is 10.0 Å². The molecule has 0 spiro atoms. The molecular weight excluding hydrogens is 250 g/mol. The number of sulfonamides is 1. The first-order valence-corrected chi connectivity index (χ1v) is 7.00. The Labute approximate surface area is 108 Å². The van der Waals surface area contributed by atoms with Gasteiger partial charge in [-0.15, -0.1) is 0 Å². The Morgan fingerprint density at radius 3 is 2.56 bits per heavy atom. The van der Waals surface area contributed by atoms with E-state index in [1.807, 2.05) is 25.1 Å². The van der Waals surface area contributed by atoms with Crippen LogP contribution < -0.4 is 4.72 Å². The van der Waals surface area contributed by atoms with Crippen LogP contribution in [0.2, 0.25) is 0 Å². The third-order valence-corrected chi connectivity index (χ3v) is 3.94. The standard InChI is InChI=1S/C12H17N3O2S/c1-10-8-12(5-4-11(10)9-13)18(16,17)14-6-7-15(2)3/h4-5,8,14H,6-7H2,1-3H3. The summed E-state index contributed by atoms with van der Waals surface area (Å²) in [7, 11) is 0.261. The predicted octanol–water partition coefficient (Wildman–Crippen LogP) is 0.707. The lowest BCUT2D eigenvalue weighted by Crippen LogP contribution is -2.31. The lowest BCUT2D eigenvalue weighted by Gasteiger charge is -2.11. The molecule has 0 unspecified atom stereocenters. The van der Waals surface area contributed by atoms with Gasteiger partial charge in [-0.3, -0.25) is 0 Å². The number of benzene rings is 1. The molecule has 5 nitrogen and oxygen atoms in total. The topological polar surface area (TPSA) is 73.2 Å². The largest absolute Gasteiger partial charge is 0.308 e. The fourth-order valence-corrected chi connectivity index (χ4v) is 2.52. The van der Waals surface area contributed by atoms with Crippen molar-refractivity contribution in [1.29, 1.82) is 5.26 Å². The molecule has 0 bridgehead atoms. The first-order valence-electron chi connectivity index (χ1n) is 5.52. The van der Waals surface area contributed by atoms with Crippen molar-refractivity contribution in [3.05, 3.63) is 29.3 Å². The zero-order chi connectivity index (χ0) is 13.8. The molecule has 18 heavy (non-hydrogen) atoms. The van der Waals surface area contributed by atoms with Crippen molar-refractivity contribution in [1.82, 2.24) is 9.62 Å². The van der Waals surface area contributed by atoms with Crippen LogP contribution in [0.1, 0.15) is 11.1 Å². The van der Waals surface area contributed by atoms with E-state index in [1.165, 1.54) is 18.2 Å². The Morgan fingerprint density at radius 1 is 1.39 bits per heavy atom. The minimum atomic E-state index is -3.49. The molecule has 1 N–H and O–H groups in total. The highest BCUT2D eigenvalue weighted by atomic mass is 32.2. The van der Waals surface area contributed by atoms with Gasteiger partial charge in [-0.25, -0.2) is 13.1 Å². The fourth-order valence-electron chi connectivity index (χ4n) is 1.42. The zero-order valence-corrected chi connectivity index (χ0v) is 11.6. The van der Waals surface area contributed by atoms with Crippen molar-refractivity contribution in [3.8, 4) is 6.07 Å². The summed E-state index contributed by atoms with van der Waals surface area (Å²) < 4.78 is 26.4. The highest BCUT2D eigenvalue weighted by Crippen LogP contribution is 2.14. The Hall–Kier alpha value is -1.42. The minimum Gasteiger partial charge on any atom is -0.308 e. The Morgan fingerprint density at radius 2 is 2.06 bits per heavy atom. The van der Waals surface area contributed by atoms with E-state index in [0.29, 0.717) is 24.2 Å². The van der Waals surface area contributed by atoms with Crippen molar-refractivity contribution in [3.63, 3.8) is 0 Å². The number of hydrogen-bond acceptors (Lipinski definition) is 4. The van der Waals surface area contributed by atoms with E-state index >= 15 is 0 Å². The van der Waals surface area contributed by atoms with Gasteiger partial charge in [-0.1, -0.05) is 0 Å². The summed E-state index contributed by atoms with van der Waals surface area (Å²) in [4.78, 5) is 2.09. The summed E-state index contributed by atoms with van der Waals surface area (Å²) in [6.07, 6.45) is 0. The molecule has 0 amide bonds. The average molecular weight is 267 g/mol. The smallest absolute Gasteiger partial charge is 0.240 e. The van der Waals surface area contributed by atoms with Crippen LogP contribution in [0, 0.1) is 18.3 Å². The summed E-state index contributed by atoms with van der Waals surface area (Å²) >= 11 is 0. The Bertz CT molecular complexity index is 559. The molecule has 0 heterocycles. The molecule has 0 aliphatic rings. The summed E-state index contributed by atoms with van der Waals surface area (Å²) in [6.45, 7) is 2.71. The van der Waals surface area contributed by atoms with Crippen LogP contribution in [0.25, 0.3) is 0 Å². The molecule has 0 saturated heterocycles. The second-order valence-electron chi connectivity index (χ2n) is 4.29. The van der Waals surface area contributed by atoms with Gasteiger partial charge in [0.2, 0.25) is 10.0 Å². The van der Waals surface area contributed by atoms with Crippen LogP contribution in [-0.4, -0.2) is 40.5 Å². The van der Waals surface area contributed by atoms with Gasteiger partial charge >= 0.3 is 0 Å². The molecule has 1 aromatic rings. The number of aryl methyl sites for hydroxylation is 1. The van der Waals surface area contributed by atoms with E-state index in [9.17, 15) is 8.42 Å². The molecule has 1 rings (SSSR count). The maximum absolute atomic E-state index is 12.0. The number of likely N-dealkylation sites (N-methyl/N-ethyl adjacent to an activating group) is 1. The predicted molar refractivity (Wildman–Crippen MR) is 69.6 cm³/mol. The van der Waals surface area contributed by atoms with Crippen LogP contribution in [0.4, 0.5) is 0 Å². The van der Waals surface area contributed by atoms with Crippen LogP contribution in [0.3, 0.4) is 0 Å². The number of nitrogens with zero attached hydrogens (tertiary/aromatic N) is 2. The van der Waals surface area contributed by atoms with Gasteiger partial charge in [-0.05, 0) is 44.8 Å².